The third-order valence-corrected chi connectivity index (χ3v) is 3.77. The number of halogens is 1. The Labute approximate surface area is 117 Å². The minimum atomic E-state index is -0.438. The van der Waals surface area contributed by atoms with Crippen LogP contribution in [0, 0.1) is 0 Å². The van der Waals surface area contributed by atoms with E-state index < -0.39 is 5.60 Å². The SMILES string of the molecule is CCCC1(O)CN(CCOc2ccc(Br)cc2)C1. The Hall–Kier alpha value is -0.580. The van der Waals surface area contributed by atoms with Crippen molar-refractivity contribution < 1.29 is 9.84 Å². The average molecular weight is 314 g/mol. The molecule has 1 N–H and O–H groups in total. The van der Waals surface area contributed by atoms with E-state index in [1.165, 1.54) is 0 Å². The first-order valence-electron chi connectivity index (χ1n) is 6.44. The molecule has 0 unspecified atom stereocenters. The summed E-state index contributed by atoms with van der Waals surface area (Å²) < 4.78 is 6.71. The fourth-order valence-electron chi connectivity index (χ4n) is 2.39. The van der Waals surface area contributed by atoms with Crippen LogP contribution in [0.5, 0.6) is 5.75 Å². The molecule has 0 aromatic heterocycles. The van der Waals surface area contributed by atoms with Gasteiger partial charge in [0.2, 0.25) is 0 Å². The molecule has 0 spiro atoms. The summed E-state index contributed by atoms with van der Waals surface area (Å²) in [6.45, 7) is 5.22. The van der Waals surface area contributed by atoms with E-state index in [4.69, 9.17) is 4.74 Å². The van der Waals surface area contributed by atoms with Crippen LogP contribution in [0.3, 0.4) is 0 Å². The van der Waals surface area contributed by atoms with Crippen LogP contribution in [-0.2, 0) is 0 Å². The zero-order valence-corrected chi connectivity index (χ0v) is 12.3. The Morgan fingerprint density at radius 2 is 2.00 bits per heavy atom. The summed E-state index contributed by atoms with van der Waals surface area (Å²) >= 11 is 3.39. The molecule has 0 atom stereocenters. The van der Waals surface area contributed by atoms with Crippen molar-refractivity contribution in [1.82, 2.24) is 4.90 Å². The van der Waals surface area contributed by atoms with Crippen molar-refractivity contribution in [3.63, 3.8) is 0 Å². The maximum absolute atomic E-state index is 10.0. The maximum Gasteiger partial charge on any atom is 0.119 e. The minimum Gasteiger partial charge on any atom is -0.492 e. The molecule has 1 fully saturated rings. The van der Waals surface area contributed by atoms with Gasteiger partial charge in [-0.05, 0) is 30.7 Å². The van der Waals surface area contributed by atoms with Gasteiger partial charge in [0, 0.05) is 24.1 Å². The van der Waals surface area contributed by atoms with Crippen LogP contribution < -0.4 is 4.74 Å². The van der Waals surface area contributed by atoms with E-state index in [0.717, 1.165) is 42.7 Å². The van der Waals surface area contributed by atoms with Gasteiger partial charge in [-0.25, -0.2) is 0 Å². The van der Waals surface area contributed by atoms with Crippen molar-refractivity contribution in [1.29, 1.82) is 0 Å². The third kappa shape index (κ3) is 3.70. The van der Waals surface area contributed by atoms with E-state index in [-0.39, 0.29) is 0 Å². The van der Waals surface area contributed by atoms with Crippen LogP contribution in [-0.4, -0.2) is 41.8 Å². The third-order valence-electron chi connectivity index (χ3n) is 3.24. The quantitative estimate of drug-likeness (QED) is 0.876. The predicted molar refractivity (Wildman–Crippen MR) is 75.9 cm³/mol. The molecular formula is C14H20BrNO2. The lowest BCUT2D eigenvalue weighted by Crippen LogP contribution is -2.62. The molecule has 1 aliphatic rings. The minimum absolute atomic E-state index is 0.438. The molecule has 3 nitrogen and oxygen atoms in total. The topological polar surface area (TPSA) is 32.7 Å². The highest BCUT2D eigenvalue weighted by molar-refractivity contribution is 9.10. The molecule has 1 aromatic carbocycles. The van der Waals surface area contributed by atoms with Crippen molar-refractivity contribution in [2.75, 3.05) is 26.2 Å². The zero-order chi connectivity index (χ0) is 13.0. The van der Waals surface area contributed by atoms with Gasteiger partial charge in [0.05, 0.1) is 5.60 Å². The van der Waals surface area contributed by atoms with Gasteiger partial charge in [-0.15, -0.1) is 0 Å². The first-order chi connectivity index (χ1) is 8.61. The molecule has 0 amide bonds. The van der Waals surface area contributed by atoms with Crippen LogP contribution in [0.15, 0.2) is 28.7 Å². The fourth-order valence-corrected chi connectivity index (χ4v) is 2.66. The summed E-state index contributed by atoms with van der Waals surface area (Å²) in [6.07, 6.45) is 1.94. The highest BCUT2D eigenvalue weighted by atomic mass is 79.9. The van der Waals surface area contributed by atoms with Gasteiger partial charge < -0.3 is 9.84 Å². The molecule has 0 bridgehead atoms. The highest BCUT2D eigenvalue weighted by Gasteiger charge is 2.39. The largest absolute Gasteiger partial charge is 0.492 e. The van der Waals surface area contributed by atoms with Crippen molar-refractivity contribution in [3.8, 4) is 5.75 Å². The molecule has 0 radical (unpaired) electrons. The lowest BCUT2D eigenvalue weighted by atomic mass is 9.89. The van der Waals surface area contributed by atoms with Gasteiger partial charge in [-0.1, -0.05) is 29.3 Å². The highest BCUT2D eigenvalue weighted by Crippen LogP contribution is 2.25. The summed E-state index contributed by atoms with van der Waals surface area (Å²) in [5.74, 6) is 0.891. The van der Waals surface area contributed by atoms with E-state index in [9.17, 15) is 5.11 Å². The van der Waals surface area contributed by atoms with Gasteiger partial charge >= 0.3 is 0 Å². The van der Waals surface area contributed by atoms with E-state index in [1.54, 1.807) is 0 Å². The molecular weight excluding hydrogens is 294 g/mol. The smallest absolute Gasteiger partial charge is 0.119 e. The summed E-state index contributed by atoms with van der Waals surface area (Å²) in [4.78, 5) is 2.23. The van der Waals surface area contributed by atoms with Crippen LogP contribution in [0.2, 0.25) is 0 Å². The first kappa shape index (κ1) is 13.8. The molecule has 0 saturated carbocycles. The second kappa shape index (κ2) is 6.04. The second-order valence-corrected chi connectivity index (χ2v) is 5.90. The number of hydrogen-bond acceptors (Lipinski definition) is 3. The Bertz CT molecular complexity index is 374. The average Bonchev–Trinajstić information content (AvgIpc) is 2.30. The normalized spacial score (nSPS) is 18.4. The number of nitrogens with zero attached hydrogens (tertiary/aromatic N) is 1. The second-order valence-electron chi connectivity index (χ2n) is 4.99. The first-order valence-corrected chi connectivity index (χ1v) is 7.24. The number of likely N-dealkylation sites (tertiary alicyclic amines) is 1. The number of benzene rings is 1. The number of rotatable bonds is 6. The lowest BCUT2D eigenvalue weighted by molar-refractivity contribution is -0.105. The predicted octanol–water partition coefficient (Wildman–Crippen LogP) is 2.67. The van der Waals surface area contributed by atoms with Gasteiger partial charge in [-0.3, -0.25) is 4.90 Å². The van der Waals surface area contributed by atoms with Gasteiger partial charge in [0.1, 0.15) is 12.4 Å². The van der Waals surface area contributed by atoms with Crippen molar-refractivity contribution in [2.24, 2.45) is 0 Å². The van der Waals surface area contributed by atoms with Gasteiger partial charge in [-0.2, -0.15) is 0 Å². The monoisotopic (exact) mass is 313 g/mol. The van der Waals surface area contributed by atoms with E-state index >= 15 is 0 Å². The number of hydrogen-bond donors (Lipinski definition) is 1. The van der Waals surface area contributed by atoms with Crippen LogP contribution >= 0.6 is 15.9 Å². The lowest BCUT2D eigenvalue weighted by Gasteiger charge is -2.46. The molecule has 1 aliphatic heterocycles. The number of β-amino-alcohol motifs (C(OH)–C–C–N with tert-alkyl or cyclic N) is 1. The summed E-state index contributed by atoms with van der Waals surface area (Å²) in [5.41, 5.74) is -0.438. The number of ether oxygens (including phenoxy) is 1. The summed E-state index contributed by atoms with van der Waals surface area (Å²) in [5, 5.41) is 10.0. The summed E-state index contributed by atoms with van der Waals surface area (Å²) in [7, 11) is 0. The summed E-state index contributed by atoms with van der Waals surface area (Å²) in [6, 6.07) is 7.85. The zero-order valence-electron chi connectivity index (χ0n) is 10.7. The molecule has 2 rings (SSSR count). The molecule has 4 heteroatoms. The van der Waals surface area contributed by atoms with E-state index in [2.05, 4.69) is 27.8 Å². The Morgan fingerprint density at radius 3 is 2.61 bits per heavy atom. The number of aliphatic hydroxyl groups is 1. The molecule has 18 heavy (non-hydrogen) atoms. The molecule has 1 heterocycles. The van der Waals surface area contributed by atoms with Crippen molar-refractivity contribution in [3.05, 3.63) is 28.7 Å². The Kier molecular flexibility index (Phi) is 4.65. The van der Waals surface area contributed by atoms with Crippen molar-refractivity contribution >= 4 is 15.9 Å². The molecule has 100 valence electrons. The van der Waals surface area contributed by atoms with Crippen LogP contribution in [0.4, 0.5) is 0 Å². The Morgan fingerprint density at radius 1 is 1.33 bits per heavy atom. The van der Waals surface area contributed by atoms with Crippen molar-refractivity contribution in [2.45, 2.75) is 25.4 Å². The van der Waals surface area contributed by atoms with Crippen LogP contribution in [0.25, 0.3) is 0 Å². The molecule has 1 aromatic rings. The maximum atomic E-state index is 10.0. The van der Waals surface area contributed by atoms with E-state index in [0.29, 0.717) is 6.61 Å². The van der Waals surface area contributed by atoms with Crippen LogP contribution in [0.1, 0.15) is 19.8 Å². The van der Waals surface area contributed by atoms with Gasteiger partial charge in [0.15, 0.2) is 0 Å². The molecule has 0 aliphatic carbocycles. The van der Waals surface area contributed by atoms with E-state index in [1.807, 2.05) is 24.3 Å². The standard InChI is InChI=1S/C14H20BrNO2/c1-2-7-14(17)10-16(11-14)8-9-18-13-5-3-12(15)4-6-13/h3-6,17H,2,7-11H2,1H3. The fraction of sp³-hybridized carbons (Fsp3) is 0.571. The Balaban J connectivity index is 1.64. The van der Waals surface area contributed by atoms with Gasteiger partial charge in [0.25, 0.3) is 0 Å². The molecule has 1 saturated heterocycles.